The Bertz CT molecular complexity index is 622. The number of nitrogens with zero attached hydrogens (tertiary/aromatic N) is 4. The molecule has 0 unspecified atom stereocenters. The van der Waals surface area contributed by atoms with Gasteiger partial charge in [0.1, 0.15) is 6.33 Å². The van der Waals surface area contributed by atoms with Crippen LogP contribution < -0.4 is 5.32 Å². The molecule has 6 nitrogen and oxygen atoms in total. The Hall–Kier alpha value is -1.76. The van der Waals surface area contributed by atoms with E-state index < -0.39 is 0 Å². The summed E-state index contributed by atoms with van der Waals surface area (Å²) >= 11 is 3.41. The quantitative estimate of drug-likeness (QED) is 0.923. The summed E-state index contributed by atoms with van der Waals surface area (Å²) in [5, 5.41) is 14.2. The number of aromatic nitrogens is 4. The molecule has 0 aliphatic heterocycles. The minimum atomic E-state index is -0.0753. The predicted molar refractivity (Wildman–Crippen MR) is 81.2 cm³/mol. The molecule has 7 heteroatoms. The number of carbonyl (C=O) groups excluding carboxylic acids is 1. The van der Waals surface area contributed by atoms with Crippen LogP contribution in [0.15, 0.2) is 29.0 Å². The van der Waals surface area contributed by atoms with Crippen molar-refractivity contribution in [3.05, 3.63) is 34.6 Å². The molecule has 1 N–H and O–H groups in total. The van der Waals surface area contributed by atoms with Gasteiger partial charge in [-0.25, -0.2) is 0 Å². The van der Waals surface area contributed by atoms with E-state index in [0.717, 1.165) is 17.3 Å². The molecule has 3 rings (SSSR count). The van der Waals surface area contributed by atoms with Gasteiger partial charge in [-0.3, -0.25) is 4.79 Å². The highest BCUT2D eigenvalue weighted by Gasteiger charge is 2.19. The molecule has 1 saturated carbocycles. The Kier molecular flexibility index (Phi) is 4.28. The molecule has 0 atom stereocenters. The van der Waals surface area contributed by atoms with Crippen molar-refractivity contribution in [1.82, 2.24) is 25.5 Å². The Morgan fingerprint density at radius 1 is 1.29 bits per heavy atom. The number of amides is 1. The summed E-state index contributed by atoms with van der Waals surface area (Å²) in [6.45, 7) is 0. The number of hydrogen-bond donors (Lipinski definition) is 1. The largest absolute Gasteiger partial charge is 0.349 e. The Morgan fingerprint density at radius 3 is 2.81 bits per heavy atom. The van der Waals surface area contributed by atoms with Crippen LogP contribution in [0.4, 0.5) is 0 Å². The molecule has 1 fully saturated rings. The number of halogens is 1. The third-order valence-electron chi connectivity index (χ3n) is 3.74. The zero-order valence-corrected chi connectivity index (χ0v) is 13.1. The van der Waals surface area contributed by atoms with E-state index in [-0.39, 0.29) is 11.9 Å². The van der Waals surface area contributed by atoms with Gasteiger partial charge in [-0.1, -0.05) is 35.2 Å². The topological polar surface area (TPSA) is 72.7 Å². The monoisotopic (exact) mass is 349 g/mol. The highest BCUT2D eigenvalue weighted by Crippen LogP contribution is 2.21. The fourth-order valence-corrected chi connectivity index (χ4v) is 3.03. The van der Waals surface area contributed by atoms with Gasteiger partial charge < -0.3 is 5.32 Å². The maximum Gasteiger partial charge on any atom is 0.253 e. The average Bonchev–Trinajstić information content (AvgIpc) is 3.02. The smallest absolute Gasteiger partial charge is 0.253 e. The van der Waals surface area contributed by atoms with Gasteiger partial charge in [0.25, 0.3) is 5.91 Å². The summed E-state index contributed by atoms with van der Waals surface area (Å²) in [6, 6.07) is 5.77. The highest BCUT2D eigenvalue weighted by molar-refractivity contribution is 9.10. The van der Waals surface area contributed by atoms with Crippen LogP contribution in [-0.2, 0) is 0 Å². The van der Waals surface area contributed by atoms with E-state index in [1.54, 1.807) is 6.07 Å². The lowest BCUT2D eigenvalue weighted by Crippen LogP contribution is -2.36. The van der Waals surface area contributed by atoms with E-state index >= 15 is 0 Å². The summed E-state index contributed by atoms with van der Waals surface area (Å²) < 4.78 is 2.36. The molecule has 0 spiro atoms. The minimum Gasteiger partial charge on any atom is -0.349 e. The third kappa shape index (κ3) is 3.29. The van der Waals surface area contributed by atoms with Crippen LogP contribution in [0.25, 0.3) is 5.69 Å². The summed E-state index contributed by atoms with van der Waals surface area (Å²) in [6.07, 6.45) is 7.23. The van der Waals surface area contributed by atoms with Gasteiger partial charge in [0.05, 0.1) is 11.3 Å². The number of carbonyl (C=O) groups is 1. The molecule has 21 heavy (non-hydrogen) atoms. The number of rotatable bonds is 3. The minimum absolute atomic E-state index is 0.0753. The van der Waals surface area contributed by atoms with Crippen molar-refractivity contribution in [2.45, 2.75) is 38.1 Å². The van der Waals surface area contributed by atoms with Crippen LogP contribution in [0, 0.1) is 0 Å². The van der Waals surface area contributed by atoms with Crippen molar-refractivity contribution in [2.75, 3.05) is 0 Å². The lowest BCUT2D eigenvalue weighted by Gasteiger charge is -2.23. The van der Waals surface area contributed by atoms with Crippen LogP contribution in [0.1, 0.15) is 42.5 Å². The maximum absolute atomic E-state index is 12.6. The van der Waals surface area contributed by atoms with Gasteiger partial charge in [0, 0.05) is 10.5 Å². The molecule has 1 aromatic heterocycles. The standard InChI is InChI=1S/C14H16BrN5O/c15-10-6-7-13(20-9-16-18-19-20)12(8-10)14(21)17-11-4-2-1-3-5-11/h6-9,11H,1-5H2,(H,17,21). The van der Waals surface area contributed by atoms with Gasteiger partial charge in [-0.15, -0.1) is 5.10 Å². The number of hydrogen-bond acceptors (Lipinski definition) is 4. The first-order valence-corrected chi connectivity index (χ1v) is 7.87. The van der Waals surface area contributed by atoms with Crippen LogP contribution in [0.3, 0.4) is 0 Å². The van der Waals surface area contributed by atoms with Gasteiger partial charge in [-0.2, -0.15) is 4.68 Å². The van der Waals surface area contributed by atoms with Crippen molar-refractivity contribution in [3.63, 3.8) is 0 Å². The van der Waals surface area contributed by atoms with Crippen molar-refractivity contribution in [2.24, 2.45) is 0 Å². The lowest BCUT2D eigenvalue weighted by atomic mass is 9.95. The van der Waals surface area contributed by atoms with Crippen LogP contribution in [-0.4, -0.2) is 32.2 Å². The second-order valence-electron chi connectivity index (χ2n) is 5.22. The first kappa shape index (κ1) is 14.2. The van der Waals surface area contributed by atoms with E-state index in [4.69, 9.17) is 0 Å². The molecule has 0 radical (unpaired) electrons. The van der Waals surface area contributed by atoms with Gasteiger partial charge >= 0.3 is 0 Å². The average molecular weight is 350 g/mol. The van der Waals surface area contributed by atoms with Crippen molar-refractivity contribution in [1.29, 1.82) is 0 Å². The molecular formula is C14H16BrN5O. The number of tetrazole rings is 1. The van der Waals surface area contributed by atoms with E-state index in [1.807, 2.05) is 12.1 Å². The second kappa shape index (κ2) is 6.34. The third-order valence-corrected chi connectivity index (χ3v) is 4.23. The summed E-state index contributed by atoms with van der Waals surface area (Å²) in [7, 11) is 0. The Balaban J connectivity index is 1.86. The molecule has 1 aromatic carbocycles. The SMILES string of the molecule is O=C(NC1CCCCC1)c1cc(Br)ccc1-n1cnnn1. The van der Waals surface area contributed by atoms with Gasteiger partial charge in [0.15, 0.2) is 0 Å². The van der Waals surface area contributed by atoms with Crippen molar-refractivity contribution >= 4 is 21.8 Å². The molecule has 110 valence electrons. The molecule has 2 aromatic rings. The van der Waals surface area contributed by atoms with Crippen LogP contribution in [0.5, 0.6) is 0 Å². The molecule has 0 bridgehead atoms. The van der Waals surface area contributed by atoms with E-state index in [2.05, 4.69) is 36.8 Å². The fraction of sp³-hybridized carbons (Fsp3) is 0.429. The van der Waals surface area contributed by atoms with Crippen molar-refractivity contribution in [3.8, 4) is 5.69 Å². The maximum atomic E-state index is 12.6. The predicted octanol–water partition coefficient (Wildman–Crippen LogP) is 2.49. The highest BCUT2D eigenvalue weighted by atomic mass is 79.9. The first-order valence-electron chi connectivity index (χ1n) is 7.08. The van der Waals surface area contributed by atoms with Gasteiger partial charge in [-0.05, 0) is 41.5 Å². The summed E-state index contributed by atoms with van der Waals surface area (Å²) in [4.78, 5) is 12.6. The second-order valence-corrected chi connectivity index (χ2v) is 6.14. The molecule has 1 amide bonds. The zero-order valence-electron chi connectivity index (χ0n) is 11.5. The summed E-state index contributed by atoms with van der Waals surface area (Å²) in [5.74, 6) is -0.0753. The van der Waals surface area contributed by atoms with Gasteiger partial charge in [0.2, 0.25) is 0 Å². The first-order chi connectivity index (χ1) is 10.2. The molecule has 1 aliphatic carbocycles. The molecule has 0 saturated heterocycles. The van der Waals surface area contributed by atoms with E-state index in [0.29, 0.717) is 11.3 Å². The molecule has 1 aliphatic rings. The zero-order chi connectivity index (χ0) is 14.7. The fourth-order valence-electron chi connectivity index (χ4n) is 2.67. The number of benzene rings is 1. The lowest BCUT2D eigenvalue weighted by molar-refractivity contribution is 0.0927. The molecule has 1 heterocycles. The summed E-state index contributed by atoms with van der Waals surface area (Å²) in [5.41, 5.74) is 1.25. The van der Waals surface area contributed by atoms with Crippen LogP contribution >= 0.6 is 15.9 Å². The Morgan fingerprint density at radius 2 is 2.10 bits per heavy atom. The van der Waals surface area contributed by atoms with E-state index in [1.165, 1.54) is 30.3 Å². The number of nitrogens with one attached hydrogen (secondary N) is 1. The van der Waals surface area contributed by atoms with Crippen LogP contribution in [0.2, 0.25) is 0 Å². The molecular weight excluding hydrogens is 334 g/mol. The normalized spacial score (nSPS) is 15.9. The van der Waals surface area contributed by atoms with Crippen molar-refractivity contribution < 1.29 is 4.79 Å². The van der Waals surface area contributed by atoms with E-state index in [9.17, 15) is 4.79 Å². The Labute approximate surface area is 131 Å².